The van der Waals surface area contributed by atoms with E-state index in [-0.39, 0.29) is 12.5 Å². The molecule has 0 saturated heterocycles. The van der Waals surface area contributed by atoms with Crippen LogP contribution in [0.15, 0.2) is 0 Å². The van der Waals surface area contributed by atoms with Crippen molar-refractivity contribution in [1.82, 2.24) is 0 Å². The van der Waals surface area contributed by atoms with Gasteiger partial charge in [0.15, 0.2) is 0 Å². The molecule has 0 bridgehead atoms. The molecular formula is C8H17NO3S. The van der Waals surface area contributed by atoms with E-state index in [0.717, 1.165) is 0 Å². The molecule has 13 heavy (non-hydrogen) atoms. The van der Waals surface area contributed by atoms with Gasteiger partial charge >= 0.3 is 5.97 Å². The van der Waals surface area contributed by atoms with Crippen LogP contribution < -0.4 is 5.73 Å². The van der Waals surface area contributed by atoms with E-state index in [1.165, 1.54) is 11.8 Å². The van der Waals surface area contributed by atoms with Gasteiger partial charge in [-0.15, -0.1) is 11.8 Å². The minimum atomic E-state index is -0.819. The summed E-state index contributed by atoms with van der Waals surface area (Å²) in [5.41, 5.74) is 5.28. The molecular weight excluding hydrogens is 190 g/mol. The van der Waals surface area contributed by atoms with Gasteiger partial charge in [-0.3, -0.25) is 4.79 Å². The van der Waals surface area contributed by atoms with Crippen LogP contribution in [0.3, 0.4) is 0 Å². The monoisotopic (exact) mass is 207 g/mol. The fourth-order valence-corrected chi connectivity index (χ4v) is 1.87. The van der Waals surface area contributed by atoms with Crippen LogP contribution in [0.5, 0.6) is 0 Å². The highest BCUT2D eigenvalue weighted by atomic mass is 32.2. The summed E-state index contributed by atoms with van der Waals surface area (Å²) in [6, 6.07) is 0. The number of thioether (sulfide) groups is 1. The standard InChI is InChI=1S/C8H17NO3S/c1-6(4-10)5-13-7(2-3-9)8(11)12/h6-7,10H,2-5,9H2,1H3,(H,11,12). The van der Waals surface area contributed by atoms with Crippen molar-refractivity contribution in [3.8, 4) is 0 Å². The lowest BCUT2D eigenvalue weighted by Gasteiger charge is -2.13. The van der Waals surface area contributed by atoms with E-state index in [2.05, 4.69) is 0 Å². The van der Waals surface area contributed by atoms with Crippen LogP contribution in [-0.4, -0.2) is 40.3 Å². The number of aliphatic hydroxyl groups excluding tert-OH is 1. The highest BCUT2D eigenvalue weighted by Gasteiger charge is 2.17. The van der Waals surface area contributed by atoms with Crippen LogP contribution in [0.25, 0.3) is 0 Å². The van der Waals surface area contributed by atoms with Gasteiger partial charge < -0.3 is 15.9 Å². The molecule has 0 spiro atoms. The summed E-state index contributed by atoms with van der Waals surface area (Å²) >= 11 is 1.35. The van der Waals surface area contributed by atoms with Crippen molar-refractivity contribution in [2.45, 2.75) is 18.6 Å². The van der Waals surface area contributed by atoms with Gasteiger partial charge in [-0.25, -0.2) is 0 Å². The maximum atomic E-state index is 10.7. The van der Waals surface area contributed by atoms with Gasteiger partial charge in [0.05, 0.1) is 0 Å². The van der Waals surface area contributed by atoms with Crippen molar-refractivity contribution in [3.05, 3.63) is 0 Å². The number of carbonyl (C=O) groups is 1. The molecule has 0 heterocycles. The Kier molecular flexibility index (Phi) is 7.03. The molecule has 0 aliphatic carbocycles. The second-order valence-electron chi connectivity index (χ2n) is 3.03. The second kappa shape index (κ2) is 7.17. The molecule has 0 aromatic carbocycles. The molecule has 0 radical (unpaired) electrons. The summed E-state index contributed by atoms with van der Waals surface area (Å²) in [5.74, 6) is -0.0155. The number of rotatable bonds is 7. The maximum absolute atomic E-state index is 10.7. The number of hydrogen-bond acceptors (Lipinski definition) is 4. The first-order chi connectivity index (χ1) is 6.11. The van der Waals surface area contributed by atoms with Gasteiger partial charge in [0, 0.05) is 6.61 Å². The molecule has 0 rings (SSSR count). The molecule has 2 unspecified atom stereocenters. The third kappa shape index (κ3) is 5.90. The topological polar surface area (TPSA) is 83.5 Å². The first-order valence-corrected chi connectivity index (χ1v) is 5.32. The van der Waals surface area contributed by atoms with Crippen LogP contribution in [0.1, 0.15) is 13.3 Å². The molecule has 0 aliphatic rings. The van der Waals surface area contributed by atoms with E-state index in [1.54, 1.807) is 0 Å². The van der Waals surface area contributed by atoms with E-state index in [1.807, 2.05) is 6.92 Å². The summed E-state index contributed by atoms with van der Waals surface area (Å²) in [4.78, 5) is 10.7. The lowest BCUT2D eigenvalue weighted by atomic mass is 10.2. The number of nitrogens with two attached hydrogens (primary N) is 1. The number of aliphatic hydroxyl groups is 1. The quantitative estimate of drug-likeness (QED) is 0.553. The molecule has 0 saturated carbocycles. The predicted molar refractivity (Wildman–Crippen MR) is 53.8 cm³/mol. The number of carboxylic acid groups (broad SMARTS) is 1. The van der Waals surface area contributed by atoms with Crippen LogP contribution in [-0.2, 0) is 4.79 Å². The third-order valence-electron chi connectivity index (χ3n) is 1.60. The smallest absolute Gasteiger partial charge is 0.316 e. The van der Waals surface area contributed by atoms with Crippen LogP contribution >= 0.6 is 11.8 Å². The average Bonchev–Trinajstić information content (AvgIpc) is 2.11. The Hall–Kier alpha value is -0.260. The van der Waals surface area contributed by atoms with Gasteiger partial charge in [-0.05, 0) is 24.6 Å². The predicted octanol–water partition coefficient (Wildman–Crippen LogP) is 0.150. The van der Waals surface area contributed by atoms with E-state index >= 15 is 0 Å². The fraction of sp³-hybridized carbons (Fsp3) is 0.875. The molecule has 2 atom stereocenters. The molecule has 0 fully saturated rings. The summed E-state index contributed by atoms with van der Waals surface area (Å²) in [5, 5.41) is 17.1. The fourth-order valence-electron chi connectivity index (χ4n) is 0.763. The zero-order chi connectivity index (χ0) is 10.3. The third-order valence-corrected chi connectivity index (χ3v) is 3.20. The molecule has 0 aliphatic heterocycles. The minimum Gasteiger partial charge on any atom is -0.480 e. The first-order valence-electron chi connectivity index (χ1n) is 4.27. The van der Waals surface area contributed by atoms with E-state index in [0.29, 0.717) is 18.7 Å². The Morgan fingerprint density at radius 1 is 1.62 bits per heavy atom. The van der Waals surface area contributed by atoms with Crippen molar-refractivity contribution in [1.29, 1.82) is 0 Å². The highest BCUT2D eigenvalue weighted by Crippen LogP contribution is 2.17. The van der Waals surface area contributed by atoms with Crippen molar-refractivity contribution < 1.29 is 15.0 Å². The number of aliphatic carboxylic acids is 1. The van der Waals surface area contributed by atoms with Gasteiger partial charge in [0.1, 0.15) is 5.25 Å². The lowest BCUT2D eigenvalue weighted by molar-refractivity contribution is -0.136. The minimum absolute atomic E-state index is 0.0992. The number of hydrogen-bond donors (Lipinski definition) is 3. The Morgan fingerprint density at radius 3 is 2.62 bits per heavy atom. The highest BCUT2D eigenvalue weighted by molar-refractivity contribution is 8.00. The van der Waals surface area contributed by atoms with Crippen molar-refractivity contribution in [2.24, 2.45) is 11.7 Å². The largest absolute Gasteiger partial charge is 0.480 e. The zero-order valence-electron chi connectivity index (χ0n) is 7.77. The van der Waals surface area contributed by atoms with E-state index < -0.39 is 11.2 Å². The second-order valence-corrected chi connectivity index (χ2v) is 4.26. The normalized spacial score (nSPS) is 15.3. The summed E-state index contributed by atoms with van der Waals surface area (Å²) in [7, 11) is 0. The van der Waals surface area contributed by atoms with Crippen molar-refractivity contribution in [3.63, 3.8) is 0 Å². The van der Waals surface area contributed by atoms with Crippen LogP contribution in [0.4, 0.5) is 0 Å². The SMILES string of the molecule is CC(CO)CSC(CCN)C(=O)O. The molecule has 4 N–H and O–H groups in total. The van der Waals surface area contributed by atoms with Gasteiger partial charge in [0.25, 0.3) is 0 Å². The Balaban J connectivity index is 3.75. The molecule has 4 nitrogen and oxygen atoms in total. The van der Waals surface area contributed by atoms with E-state index in [4.69, 9.17) is 15.9 Å². The first kappa shape index (κ1) is 12.7. The molecule has 0 amide bonds. The number of carboxylic acids is 1. The molecule has 5 heteroatoms. The van der Waals surface area contributed by atoms with Gasteiger partial charge in [-0.1, -0.05) is 6.92 Å². The summed E-state index contributed by atoms with van der Waals surface area (Å²) < 4.78 is 0. The zero-order valence-corrected chi connectivity index (χ0v) is 8.59. The lowest BCUT2D eigenvalue weighted by Crippen LogP contribution is -2.22. The Bertz CT molecular complexity index is 154. The maximum Gasteiger partial charge on any atom is 0.316 e. The molecule has 78 valence electrons. The average molecular weight is 207 g/mol. The van der Waals surface area contributed by atoms with E-state index in [9.17, 15) is 4.79 Å². The Labute approximate surface area is 82.5 Å². The van der Waals surface area contributed by atoms with Crippen molar-refractivity contribution in [2.75, 3.05) is 18.9 Å². The summed E-state index contributed by atoms with van der Waals surface area (Å²) in [6.45, 7) is 2.37. The van der Waals surface area contributed by atoms with Crippen LogP contribution in [0.2, 0.25) is 0 Å². The van der Waals surface area contributed by atoms with Crippen molar-refractivity contribution >= 4 is 17.7 Å². The van der Waals surface area contributed by atoms with Gasteiger partial charge in [-0.2, -0.15) is 0 Å². The van der Waals surface area contributed by atoms with Crippen LogP contribution in [0, 0.1) is 5.92 Å². The Morgan fingerprint density at radius 2 is 2.23 bits per heavy atom. The molecule has 0 aromatic heterocycles. The summed E-state index contributed by atoms with van der Waals surface area (Å²) in [6.07, 6.45) is 0.484. The molecule has 0 aromatic rings. The van der Waals surface area contributed by atoms with Gasteiger partial charge in [0.2, 0.25) is 0 Å².